The van der Waals surface area contributed by atoms with E-state index in [1.54, 1.807) is 20.2 Å². The van der Waals surface area contributed by atoms with Crippen molar-refractivity contribution in [2.75, 3.05) is 45.2 Å². The summed E-state index contributed by atoms with van der Waals surface area (Å²) < 4.78 is 19.2. The van der Waals surface area contributed by atoms with Crippen molar-refractivity contribution in [2.45, 2.75) is 6.54 Å². The third-order valence-electron chi connectivity index (χ3n) is 4.53. The van der Waals surface area contributed by atoms with Crippen LogP contribution in [0.1, 0.15) is 5.56 Å². The maximum absolute atomic E-state index is 14.2. The Morgan fingerprint density at radius 1 is 1.15 bits per heavy atom. The second kappa shape index (κ2) is 8.59. The first kappa shape index (κ1) is 19.5. The second-order valence-electron chi connectivity index (χ2n) is 6.74. The summed E-state index contributed by atoms with van der Waals surface area (Å²) in [5, 5.41) is 0.760. The van der Waals surface area contributed by atoms with Crippen LogP contribution in [0.2, 0.25) is 5.02 Å². The van der Waals surface area contributed by atoms with Crippen molar-refractivity contribution >= 4 is 23.4 Å². The van der Waals surface area contributed by atoms with Gasteiger partial charge in [-0.05, 0) is 29.8 Å². The first-order valence-corrected chi connectivity index (χ1v) is 9.21. The van der Waals surface area contributed by atoms with Crippen LogP contribution in [0, 0.1) is 5.82 Å². The largest absolute Gasteiger partial charge is 0.414 e. The van der Waals surface area contributed by atoms with E-state index < -0.39 is 11.9 Å². The number of para-hydroxylation sites is 1. The summed E-state index contributed by atoms with van der Waals surface area (Å²) in [5.74, 6) is -0.585. The van der Waals surface area contributed by atoms with E-state index in [0.29, 0.717) is 6.54 Å². The summed E-state index contributed by atoms with van der Waals surface area (Å²) in [4.78, 5) is 17.3. The molecule has 1 amide bonds. The Bertz CT molecular complexity index is 808. The molecule has 1 heterocycles. The molecular formula is C20H23ClFN3O2. The van der Waals surface area contributed by atoms with Gasteiger partial charge in [0.1, 0.15) is 0 Å². The molecule has 7 heteroatoms. The molecule has 0 unspecified atom stereocenters. The van der Waals surface area contributed by atoms with Crippen LogP contribution in [0.4, 0.5) is 14.9 Å². The maximum atomic E-state index is 14.2. The van der Waals surface area contributed by atoms with Crippen molar-refractivity contribution in [3.8, 4) is 5.75 Å². The molecule has 0 atom stereocenters. The molecule has 0 saturated carbocycles. The van der Waals surface area contributed by atoms with Gasteiger partial charge in [0.05, 0.1) is 10.7 Å². The smallest absolute Gasteiger partial charge is 0.407 e. The molecule has 144 valence electrons. The van der Waals surface area contributed by atoms with Crippen molar-refractivity contribution in [2.24, 2.45) is 0 Å². The molecule has 0 aromatic heterocycles. The fourth-order valence-corrected chi connectivity index (χ4v) is 3.28. The van der Waals surface area contributed by atoms with Crippen molar-refractivity contribution in [1.29, 1.82) is 0 Å². The number of piperazine rings is 1. The Balaban J connectivity index is 1.57. The lowest BCUT2D eigenvalue weighted by Crippen LogP contribution is -2.46. The van der Waals surface area contributed by atoms with Gasteiger partial charge in [-0.15, -0.1) is 0 Å². The zero-order chi connectivity index (χ0) is 19.4. The van der Waals surface area contributed by atoms with Gasteiger partial charge in [0.2, 0.25) is 0 Å². The molecule has 2 aromatic carbocycles. The summed E-state index contributed by atoms with van der Waals surface area (Å²) in [5.41, 5.74) is 1.90. The number of anilines is 1. The molecule has 0 radical (unpaired) electrons. The molecule has 0 spiro atoms. The van der Waals surface area contributed by atoms with E-state index in [-0.39, 0.29) is 5.75 Å². The average molecular weight is 392 g/mol. The van der Waals surface area contributed by atoms with Gasteiger partial charge in [0.15, 0.2) is 11.6 Å². The fourth-order valence-electron chi connectivity index (χ4n) is 3.02. The summed E-state index contributed by atoms with van der Waals surface area (Å²) in [6.07, 6.45) is -0.600. The van der Waals surface area contributed by atoms with Crippen LogP contribution < -0.4 is 9.64 Å². The third kappa shape index (κ3) is 4.90. The van der Waals surface area contributed by atoms with E-state index in [0.717, 1.165) is 42.5 Å². The number of carbonyl (C=O) groups is 1. The quantitative estimate of drug-likeness (QED) is 0.792. The molecule has 3 rings (SSSR count). The highest BCUT2D eigenvalue weighted by Crippen LogP contribution is 2.26. The van der Waals surface area contributed by atoms with Crippen molar-refractivity contribution in [3.63, 3.8) is 0 Å². The van der Waals surface area contributed by atoms with E-state index in [4.69, 9.17) is 16.3 Å². The van der Waals surface area contributed by atoms with E-state index in [1.807, 2.05) is 24.3 Å². The second-order valence-corrected chi connectivity index (χ2v) is 7.15. The minimum Gasteiger partial charge on any atom is -0.407 e. The predicted octanol–water partition coefficient (Wildman–Crippen LogP) is 3.86. The average Bonchev–Trinajstić information content (AvgIpc) is 2.65. The van der Waals surface area contributed by atoms with Crippen LogP contribution in [0.5, 0.6) is 5.75 Å². The Morgan fingerprint density at radius 2 is 1.85 bits per heavy atom. The fraction of sp³-hybridized carbons (Fsp3) is 0.350. The van der Waals surface area contributed by atoms with Gasteiger partial charge in [0, 0.05) is 46.8 Å². The Hall–Kier alpha value is -2.31. The number of hydrogen-bond donors (Lipinski definition) is 0. The van der Waals surface area contributed by atoms with Crippen LogP contribution in [0.15, 0.2) is 42.5 Å². The highest BCUT2D eigenvalue weighted by molar-refractivity contribution is 6.33. The summed E-state index contributed by atoms with van der Waals surface area (Å²) >= 11 is 6.28. The van der Waals surface area contributed by atoms with Crippen LogP contribution in [0.3, 0.4) is 0 Å². The number of hydrogen-bond acceptors (Lipinski definition) is 4. The van der Waals surface area contributed by atoms with E-state index in [9.17, 15) is 9.18 Å². The Kier molecular flexibility index (Phi) is 6.19. The number of ether oxygens (including phenoxy) is 1. The standard InChI is InChI=1S/C20H23ClFN3O2/c1-23(2)20(26)27-19-8-7-15(13-17(19)22)14-24-9-11-25(12-10-24)18-6-4-3-5-16(18)21/h3-8,13H,9-12,14H2,1-2H3. The van der Waals surface area contributed by atoms with Gasteiger partial charge in [0.25, 0.3) is 0 Å². The minimum atomic E-state index is -0.600. The number of rotatable bonds is 4. The van der Waals surface area contributed by atoms with Crippen molar-refractivity contribution in [3.05, 3.63) is 58.9 Å². The van der Waals surface area contributed by atoms with Gasteiger partial charge in [-0.1, -0.05) is 29.8 Å². The number of halogens is 2. The molecule has 1 fully saturated rings. The topological polar surface area (TPSA) is 36.0 Å². The van der Waals surface area contributed by atoms with Crippen LogP contribution in [0.25, 0.3) is 0 Å². The lowest BCUT2D eigenvalue weighted by atomic mass is 10.1. The van der Waals surface area contributed by atoms with Crippen LogP contribution >= 0.6 is 11.6 Å². The number of benzene rings is 2. The first-order valence-electron chi connectivity index (χ1n) is 8.83. The number of amides is 1. The lowest BCUT2D eigenvalue weighted by molar-refractivity contribution is 0.170. The van der Waals surface area contributed by atoms with Gasteiger partial charge < -0.3 is 14.5 Å². The lowest BCUT2D eigenvalue weighted by Gasteiger charge is -2.36. The van der Waals surface area contributed by atoms with Gasteiger partial charge in [-0.3, -0.25) is 4.90 Å². The normalized spacial score (nSPS) is 14.9. The molecule has 1 aliphatic heterocycles. The predicted molar refractivity (Wildman–Crippen MR) is 105 cm³/mol. The van der Waals surface area contributed by atoms with Gasteiger partial charge >= 0.3 is 6.09 Å². The highest BCUT2D eigenvalue weighted by Gasteiger charge is 2.19. The van der Waals surface area contributed by atoms with Crippen molar-refractivity contribution in [1.82, 2.24) is 9.80 Å². The van der Waals surface area contributed by atoms with E-state index in [1.165, 1.54) is 17.0 Å². The molecule has 2 aromatic rings. The number of carbonyl (C=O) groups excluding carboxylic acids is 1. The molecule has 27 heavy (non-hydrogen) atoms. The first-order chi connectivity index (χ1) is 12.9. The SMILES string of the molecule is CN(C)C(=O)Oc1ccc(CN2CCN(c3ccccc3Cl)CC2)cc1F. The summed E-state index contributed by atoms with van der Waals surface area (Å²) in [6.45, 7) is 4.11. The zero-order valence-electron chi connectivity index (χ0n) is 15.5. The van der Waals surface area contributed by atoms with Crippen molar-refractivity contribution < 1.29 is 13.9 Å². The van der Waals surface area contributed by atoms with Crippen LogP contribution in [-0.4, -0.2) is 56.2 Å². The molecule has 1 saturated heterocycles. The van der Waals surface area contributed by atoms with Gasteiger partial charge in [-0.2, -0.15) is 0 Å². The molecule has 0 bridgehead atoms. The van der Waals surface area contributed by atoms with E-state index >= 15 is 0 Å². The molecule has 5 nitrogen and oxygen atoms in total. The summed E-state index contributed by atoms with van der Waals surface area (Å²) in [7, 11) is 3.10. The molecule has 0 aliphatic carbocycles. The van der Waals surface area contributed by atoms with E-state index in [2.05, 4.69) is 9.80 Å². The Labute approximate surface area is 163 Å². The molecule has 1 aliphatic rings. The van der Waals surface area contributed by atoms with Crippen LogP contribution in [-0.2, 0) is 6.54 Å². The zero-order valence-corrected chi connectivity index (χ0v) is 16.2. The molecule has 0 N–H and O–H groups in total. The monoisotopic (exact) mass is 391 g/mol. The third-order valence-corrected chi connectivity index (χ3v) is 4.85. The van der Waals surface area contributed by atoms with Gasteiger partial charge in [-0.25, -0.2) is 9.18 Å². The maximum Gasteiger partial charge on any atom is 0.414 e. The minimum absolute atomic E-state index is 0.0546. The molecular weight excluding hydrogens is 369 g/mol. The summed E-state index contributed by atoms with van der Waals surface area (Å²) in [6, 6.07) is 12.6. The Morgan fingerprint density at radius 3 is 2.48 bits per heavy atom. The number of nitrogens with zero attached hydrogens (tertiary/aromatic N) is 3. The highest BCUT2D eigenvalue weighted by atomic mass is 35.5.